The third-order valence-electron chi connectivity index (χ3n) is 2.36. The van der Waals surface area contributed by atoms with Gasteiger partial charge in [-0.1, -0.05) is 12.1 Å². The van der Waals surface area contributed by atoms with Crippen molar-refractivity contribution in [1.29, 1.82) is 0 Å². The fourth-order valence-electron chi connectivity index (χ4n) is 1.41. The fourth-order valence-corrected chi connectivity index (χ4v) is 2.20. The third-order valence-corrected chi connectivity index (χ3v) is 3.25. The second-order valence-corrected chi connectivity index (χ2v) is 4.46. The van der Waals surface area contributed by atoms with Crippen LogP contribution in [0.2, 0.25) is 0 Å². The second kappa shape index (κ2) is 5.00. The van der Waals surface area contributed by atoms with Crippen LogP contribution in [0, 0.1) is 0 Å². The zero-order chi connectivity index (χ0) is 14.0. The normalized spacial score (nSPS) is 11.4. The highest BCUT2D eigenvalue weighted by atomic mass is 32.1. The molecule has 0 atom stereocenters. The Balaban J connectivity index is 2.28. The average molecular weight is 287 g/mol. The molecule has 100 valence electrons. The molecule has 0 N–H and O–H groups in total. The molecule has 2 aromatic rings. The Labute approximate surface area is 110 Å². The zero-order valence-corrected chi connectivity index (χ0v) is 10.5. The van der Waals surface area contributed by atoms with Gasteiger partial charge in [0.25, 0.3) is 0 Å². The number of carbonyl (C=O) groups is 1. The largest absolute Gasteiger partial charge is 0.464 e. The van der Waals surface area contributed by atoms with Crippen LogP contribution >= 0.6 is 11.3 Å². The predicted molar refractivity (Wildman–Crippen MR) is 63.9 cm³/mol. The number of aromatic nitrogens is 1. The summed E-state index contributed by atoms with van der Waals surface area (Å²) < 4.78 is 41.7. The Kier molecular flexibility index (Phi) is 3.57. The van der Waals surface area contributed by atoms with Gasteiger partial charge in [-0.2, -0.15) is 13.2 Å². The van der Waals surface area contributed by atoms with Gasteiger partial charge in [0.1, 0.15) is 5.01 Å². The first-order chi connectivity index (χ1) is 8.91. The summed E-state index contributed by atoms with van der Waals surface area (Å²) in [5, 5.41) is 1.97. The maximum atomic E-state index is 12.4. The van der Waals surface area contributed by atoms with Crippen molar-refractivity contribution in [1.82, 2.24) is 4.98 Å². The SMILES string of the molecule is COC(=O)c1csc(-c2ccc(C(F)(F)F)cc2)n1. The molecule has 0 bridgehead atoms. The number of benzene rings is 1. The number of halogens is 3. The van der Waals surface area contributed by atoms with Gasteiger partial charge in [-0.25, -0.2) is 9.78 Å². The lowest BCUT2D eigenvalue weighted by Crippen LogP contribution is -2.04. The number of carbonyl (C=O) groups excluding carboxylic acids is 1. The number of rotatable bonds is 2. The number of methoxy groups -OCH3 is 1. The quantitative estimate of drug-likeness (QED) is 0.792. The molecule has 0 fully saturated rings. The van der Waals surface area contributed by atoms with Crippen LogP contribution in [0.3, 0.4) is 0 Å². The Morgan fingerprint density at radius 1 is 1.26 bits per heavy atom. The summed E-state index contributed by atoms with van der Waals surface area (Å²) in [5.74, 6) is -0.575. The van der Waals surface area contributed by atoms with Gasteiger partial charge >= 0.3 is 12.1 Å². The summed E-state index contributed by atoms with van der Waals surface area (Å²) in [5.41, 5.74) is -0.0588. The van der Waals surface area contributed by atoms with Crippen molar-refractivity contribution in [3.8, 4) is 10.6 Å². The van der Waals surface area contributed by atoms with Crippen molar-refractivity contribution in [2.75, 3.05) is 7.11 Å². The van der Waals surface area contributed by atoms with Crippen molar-refractivity contribution < 1.29 is 22.7 Å². The van der Waals surface area contributed by atoms with E-state index in [9.17, 15) is 18.0 Å². The van der Waals surface area contributed by atoms with E-state index >= 15 is 0 Å². The molecule has 0 aliphatic rings. The molecular weight excluding hydrogens is 279 g/mol. The summed E-state index contributed by atoms with van der Waals surface area (Å²) in [7, 11) is 1.24. The molecule has 19 heavy (non-hydrogen) atoms. The van der Waals surface area contributed by atoms with Crippen molar-refractivity contribution in [3.63, 3.8) is 0 Å². The van der Waals surface area contributed by atoms with E-state index in [1.54, 1.807) is 0 Å². The lowest BCUT2D eigenvalue weighted by molar-refractivity contribution is -0.137. The van der Waals surface area contributed by atoms with E-state index in [0.717, 1.165) is 12.1 Å². The molecule has 0 amide bonds. The predicted octanol–water partition coefficient (Wildman–Crippen LogP) is 3.62. The Morgan fingerprint density at radius 2 is 1.89 bits per heavy atom. The van der Waals surface area contributed by atoms with Gasteiger partial charge in [-0.15, -0.1) is 11.3 Å². The number of hydrogen-bond donors (Lipinski definition) is 0. The Bertz CT molecular complexity index is 590. The van der Waals surface area contributed by atoms with Crippen LogP contribution in [0.1, 0.15) is 16.1 Å². The topological polar surface area (TPSA) is 39.2 Å². The molecule has 0 saturated carbocycles. The number of alkyl halides is 3. The molecular formula is C12H8F3NO2S. The average Bonchev–Trinajstić information content (AvgIpc) is 2.86. The summed E-state index contributed by atoms with van der Waals surface area (Å²) in [6.07, 6.45) is -4.36. The monoisotopic (exact) mass is 287 g/mol. The lowest BCUT2D eigenvalue weighted by atomic mass is 10.1. The van der Waals surface area contributed by atoms with Gasteiger partial charge in [-0.05, 0) is 12.1 Å². The maximum Gasteiger partial charge on any atom is 0.416 e. The van der Waals surface area contributed by atoms with Crippen molar-refractivity contribution in [2.45, 2.75) is 6.18 Å². The van der Waals surface area contributed by atoms with Crippen molar-refractivity contribution in [2.24, 2.45) is 0 Å². The molecule has 1 aromatic heterocycles. The van der Waals surface area contributed by atoms with Crippen LogP contribution in [0.5, 0.6) is 0 Å². The van der Waals surface area contributed by atoms with E-state index in [1.165, 1.54) is 36.0 Å². The van der Waals surface area contributed by atoms with E-state index in [-0.39, 0.29) is 5.69 Å². The van der Waals surface area contributed by atoms with Crippen LogP contribution in [0.25, 0.3) is 10.6 Å². The third kappa shape index (κ3) is 2.93. The smallest absolute Gasteiger partial charge is 0.416 e. The molecule has 3 nitrogen and oxygen atoms in total. The van der Waals surface area contributed by atoms with Crippen LogP contribution in [-0.2, 0) is 10.9 Å². The van der Waals surface area contributed by atoms with Crippen LogP contribution < -0.4 is 0 Å². The molecule has 0 saturated heterocycles. The molecule has 1 heterocycles. The Hall–Kier alpha value is -1.89. The minimum Gasteiger partial charge on any atom is -0.464 e. The summed E-state index contributed by atoms with van der Waals surface area (Å²) in [6.45, 7) is 0. The minimum atomic E-state index is -4.36. The highest BCUT2D eigenvalue weighted by Gasteiger charge is 2.30. The van der Waals surface area contributed by atoms with E-state index in [2.05, 4.69) is 9.72 Å². The summed E-state index contributed by atoms with van der Waals surface area (Å²) in [4.78, 5) is 15.2. The lowest BCUT2D eigenvalue weighted by Gasteiger charge is -2.06. The number of esters is 1. The van der Waals surface area contributed by atoms with E-state index in [0.29, 0.717) is 10.6 Å². The van der Waals surface area contributed by atoms with Gasteiger partial charge in [0.2, 0.25) is 0 Å². The van der Waals surface area contributed by atoms with Crippen LogP contribution in [-0.4, -0.2) is 18.1 Å². The Morgan fingerprint density at radius 3 is 2.42 bits per heavy atom. The molecule has 0 unspecified atom stereocenters. The highest BCUT2D eigenvalue weighted by Crippen LogP contribution is 2.31. The van der Waals surface area contributed by atoms with Crippen molar-refractivity contribution in [3.05, 3.63) is 40.9 Å². The first kappa shape index (κ1) is 13.5. The standard InChI is InChI=1S/C12H8F3NO2S/c1-18-11(17)9-6-19-10(16-9)7-2-4-8(5-3-7)12(13,14)15/h2-6H,1H3. The highest BCUT2D eigenvalue weighted by molar-refractivity contribution is 7.13. The van der Waals surface area contributed by atoms with Crippen LogP contribution in [0.15, 0.2) is 29.6 Å². The molecule has 0 radical (unpaired) electrons. The molecule has 0 spiro atoms. The zero-order valence-electron chi connectivity index (χ0n) is 9.69. The maximum absolute atomic E-state index is 12.4. The number of ether oxygens (including phenoxy) is 1. The minimum absolute atomic E-state index is 0.141. The molecule has 1 aromatic carbocycles. The number of thiazole rings is 1. The van der Waals surface area contributed by atoms with Crippen molar-refractivity contribution >= 4 is 17.3 Å². The van der Waals surface area contributed by atoms with E-state index < -0.39 is 17.7 Å². The first-order valence-electron chi connectivity index (χ1n) is 5.13. The van der Waals surface area contributed by atoms with Gasteiger partial charge in [-0.3, -0.25) is 0 Å². The van der Waals surface area contributed by atoms with Gasteiger partial charge in [0.05, 0.1) is 12.7 Å². The number of nitrogens with zero attached hydrogens (tertiary/aromatic N) is 1. The van der Waals surface area contributed by atoms with Gasteiger partial charge in [0.15, 0.2) is 5.69 Å². The molecule has 7 heteroatoms. The molecule has 0 aliphatic carbocycles. The van der Waals surface area contributed by atoms with E-state index in [1.807, 2.05) is 0 Å². The second-order valence-electron chi connectivity index (χ2n) is 3.60. The molecule has 0 aliphatic heterocycles. The van der Waals surface area contributed by atoms with E-state index in [4.69, 9.17) is 0 Å². The van der Waals surface area contributed by atoms with Crippen LogP contribution in [0.4, 0.5) is 13.2 Å². The van der Waals surface area contributed by atoms with Gasteiger partial charge < -0.3 is 4.74 Å². The summed E-state index contributed by atoms with van der Waals surface area (Å²) >= 11 is 1.17. The molecule has 2 rings (SSSR count). The first-order valence-corrected chi connectivity index (χ1v) is 6.01. The summed E-state index contributed by atoms with van der Waals surface area (Å²) in [6, 6.07) is 4.61. The fraction of sp³-hybridized carbons (Fsp3) is 0.167. The van der Waals surface area contributed by atoms with Gasteiger partial charge in [0, 0.05) is 10.9 Å². The number of hydrogen-bond acceptors (Lipinski definition) is 4.